The van der Waals surface area contributed by atoms with Gasteiger partial charge in [0.2, 0.25) is 11.8 Å². The number of para-hydroxylation sites is 2. The van der Waals surface area contributed by atoms with Gasteiger partial charge in [-0.25, -0.2) is 0 Å². The molecule has 136 valence electrons. The molecule has 5 nitrogen and oxygen atoms in total. The van der Waals surface area contributed by atoms with Crippen LogP contribution in [0.2, 0.25) is 0 Å². The van der Waals surface area contributed by atoms with E-state index in [2.05, 4.69) is 21.2 Å². The highest BCUT2D eigenvalue weighted by atomic mass is 79.9. The van der Waals surface area contributed by atoms with E-state index in [1.807, 2.05) is 67.4 Å². The van der Waals surface area contributed by atoms with E-state index < -0.39 is 0 Å². The minimum Gasteiger partial charge on any atom is -0.324 e. The summed E-state index contributed by atoms with van der Waals surface area (Å²) in [5.41, 5.74) is 2.58. The van der Waals surface area contributed by atoms with Crippen LogP contribution in [0.1, 0.15) is 18.9 Å². The first-order valence-corrected chi connectivity index (χ1v) is 9.37. The molecule has 0 saturated heterocycles. The number of anilines is 2. The maximum absolute atomic E-state index is 13.0. The van der Waals surface area contributed by atoms with Gasteiger partial charge in [-0.3, -0.25) is 14.5 Å². The molecule has 1 unspecified atom stereocenters. The number of rotatable bonds is 4. The lowest BCUT2D eigenvalue weighted by molar-refractivity contribution is -0.120. The fraction of sp³-hybridized carbons (Fsp3) is 0.300. The van der Waals surface area contributed by atoms with Crippen molar-refractivity contribution in [1.82, 2.24) is 4.90 Å². The second-order valence-electron chi connectivity index (χ2n) is 6.68. The average Bonchev–Trinajstić information content (AvgIpc) is 2.68. The third-order valence-electron chi connectivity index (χ3n) is 4.37. The van der Waals surface area contributed by atoms with Crippen LogP contribution in [-0.2, 0) is 16.1 Å². The van der Waals surface area contributed by atoms with Crippen LogP contribution >= 0.6 is 15.9 Å². The molecule has 6 heteroatoms. The van der Waals surface area contributed by atoms with E-state index >= 15 is 0 Å². The second kappa shape index (κ2) is 8.01. The van der Waals surface area contributed by atoms with Crippen LogP contribution in [0, 0.1) is 0 Å². The third kappa shape index (κ3) is 4.31. The number of halogens is 1. The van der Waals surface area contributed by atoms with Crippen molar-refractivity contribution < 1.29 is 9.59 Å². The van der Waals surface area contributed by atoms with Gasteiger partial charge in [-0.2, -0.15) is 0 Å². The number of fused-ring (bicyclic) bond motifs is 1. The van der Waals surface area contributed by atoms with Crippen LogP contribution in [0.3, 0.4) is 0 Å². The molecule has 1 N–H and O–H groups in total. The van der Waals surface area contributed by atoms with E-state index in [4.69, 9.17) is 0 Å². The van der Waals surface area contributed by atoms with E-state index in [-0.39, 0.29) is 30.8 Å². The maximum Gasteiger partial charge on any atom is 0.241 e. The van der Waals surface area contributed by atoms with Gasteiger partial charge in [0.25, 0.3) is 0 Å². The molecule has 26 heavy (non-hydrogen) atoms. The molecular weight excluding hydrogens is 394 g/mol. The summed E-state index contributed by atoms with van der Waals surface area (Å²) in [6.07, 6.45) is 0.287. The largest absolute Gasteiger partial charge is 0.324 e. The predicted molar refractivity (Wildman–Crippen MR) is 107 cm³/mol. The smallest absolute Gasteiger partial charge is 0.241 e. The topological polar surface area (TPSA) is 52.7 Å². The first kappa shape index (κ1) is 18.6. The summed E-state index contributed by atoms with van der Waals surface area (Å²) in [5, 5.41) is 2.89. The highest BCUT2D eigenvalue weighted by Gasteiger charge is 2.29. The van der Waals surface area contributed by atoms with Gasteiger partial charge in [0.15, 0.2) is 0 Å². The standard InChI is InChI=1S/C20H22BrN3O2/c1-14-10-19(25)22-17-8-3-4-9-18(17)24(14)20(26)13-23(2)12-15-6-5-7-16(21)11-15/h3-9,11,14H,10,12-13H2,1-2H3,(H,22,25). The van der Waals surface area contributed by atoms with Gasteiger partial charge in [0, 0.05) is 23.5 Å². The third-order valence-corrected chi connectivity index (χ3v) is 4.87. The van der Waals surface area contributed by atoms with Crippen LogP contribution in [0.4, 0.5) is 11.4 Å². The normalized spacial score (nSPS) is 16.8. The molecule has 2 aromatic carbocycles. The molecule has 0 bridgehead atoms. The van der Waals surface area contributed by atoms with Crippen molar-refractivity contribution in [2.75, 3.05) is 23.8 Å². The Labute approximate surface area is 162 Å². The van der Waals surface area contributed by atoms with Crippen molar-refractivity contribution in [3.05, 3.63) is 58.6 Å². The lowest BCUT2D eigenvalue weighted by Crippen LogP contribution is -2.44. The number of carbonyl (C=O) groups is 2. The monoisotopic (exact) mass is 415 g/mol. The van der Waals surface area contributed by atoms with Crippen molar-refractivity contribution >= 4 is 39.1 Å². The average molecular weight is 416 g/mol. The highest BCUT2D eigenvalue weighted by Crippen LogP contribution is 2.31. The molecule has 0 aliphatic carbocycles. The van der Waals surface area contributed by atoms with Crippen LogP contribution in [-0.4, -0.2) is 36.3 Å². The fourth-order valence-electron chi connectivity index (χ4n) is 3.28. The summed E-state index contributed by atoms with van der Waals surface area (Å²) in [4.78, 5) is 28.8. The molecule has 0 spiro atoms. The van der Waals surface area contributed by atoms with E-state index in [0.29, 0.717) is 12.2 Å². The van der Waals surface area contributed by atoms with Crippen LogP contribution in [0.15, 0.2) is 53.0 Å². The summed E-state index contributed by atoms with van der Waals surface area (Å²) in [5.74, 6) is -0.0818. The Morgan fingerprint density at radius 3 is 2.81 bits per heavy atom. The predicted octanol–water partition coefficient (Wildman–Crippen LogP) is 3.64. The Kier molecular flexibility index (Phi) is 5.74. The lowest BCUT2D eigenvalue weighted by atomic mass is 10.1. The number of benzene rings is 2. The number of hydrogen-bond donors (Lipinski definition) is 1. The van der Waals surface area contributed by atoms with Crippen LogP contribution in [0.25, 0.3) is 0 Å². The molecule has 0 radical (unpaired) electrons. The summed E-state index contributed by atoms with van der Waals surface area (Å²) < 4.78 is 1.02. The maximum atomic E-state index is 13.0. The lowest BCUT2D eigenvalue weighted by Gasteiger charge is -2.29. The minimum atomic E-state index is -0.189. The number of likely N-dealkylation sites (N-methyl/N-ethyl adjacent to an activating group) is 1. The van der Waals surface area contributed by atoms with Gasteiger partial charge in [-0.05, 0) is 43.8 Å². The Morgan fingerprint density at radius 1 is 1.27 bits per heavy atom. The van der Waals surface area contributed by atoms with Crippen LogP contribution in [0.5, 0.6) is 0 Å². The Morgan fingerprint density at radius 2 is 2.04 bits per heavy atom. The minimum absolute atomic E-state index is 0.0149. The molecular formula is C20H22BrN3O2. The quantitative estimate of drug-likeness (QED) is 0.828. The van der Waals surface area contributed by atoms with Crippen molar-refractivity contribution in [2.45, 2.75) is 25.9 Å². The van der Waals surface area contributed by atoms with Gasteiger partial charge in [0.05, 0.1) is 17.9 Å². The zero-order valence-electron chi connectivity index (χ0n) is 14.9. The van der Waals surface area contributed by atoms with Gasteiger partial charge >= 0.3 is 0 Å². The van der Waals surface area contributed by atoms with Gasteiger partial charge in [-0.1, -0.05) is 40.2 Å². The fourth-order valence-corrected chi connectivity index (χ4v) is 3.72. The SMILES string of the molecule is CC1CC(=O)Nc2ccccc2N1C(=O)CN(C)Cc1cccc(Br)c1. The first-order chi connectivity index (χ1) is 12.4. The molecule has 0 saturated carbocycles. The Balaban J connectivity index is 1.76. The molecule has 2 aromatic rings. The van der Waals surface area contributed by atoms with Crippen molar-refractivity contribution in [1.29, 1.82) is 0 Å². The molecule has 0 aromatic heterocycles. The van der Waals surface area contributed by atoms with Gasteiger partial charge < -0.3 is 10.2 Å². The van der Waals surface area contributed by atoms with E-state index in [9.17, 15) is 9.59 Å². The van der Waals surface area contributed by atoms with Crippen molar-refractivity contribution in [2.24, 2.45) is 0 Å². The number of hydrogen-bond acceptors (Lipinski definition) is 3. The molecule has 1 aliphatic rings. The Bertz CT molecular complexity index is 824. The summed E-state index contributed by atoms with van der Waals surface area (Å²) in [7, 11) is 1.93. The van der Waals surface area contributed by atoms with E-state index in [0.717, 1.165) is 15.7 Å². The molecule has 2 amide bonds. The van der Waals surface area contributed by atoms with Crippen LogP contribution < -0.4 is 10.2 Å². The summed E-state index contributed by atoms with van der Waals surface area (Å²) in [6.45, 7) is 2.86. The Hall–Kier alpha value is -2.18. The summed E-state index contributed by atoms with van der Waals surface area (Å²) >= 11 is 3.47. The number of carbonyl (C=O) groups excluding carboxylic acids is 2. The van der Waals surface area contributed by atoms with Crippen molar-refractivity contribution in [3.63, 3.8) is 0 Å². The molecule has 1 aliphatic heterocycles. The zero-order chi connectivity index (χ0) is 18.7. The first-order valence-electron chi connectivity index (χ1n) is 8.58. The van der Waals surface area contributed by atoms with E-state index in [1.54, 1.807) is 4.90 Å². The molecule has 3 rings (SSSR count). The van der Waals surface area contributed by atoms with E-state index in [1.165, 1.54) is 0 Å². The zero-order valence-corrected chi connectivity index (χ0v) is 16.5. The second-order valence-corrected chi connectivity index (χ2v) is 7.60. The van der Waals surface area contributed by atoms with Gasteiger partial charge in [0.1, 0.15) is 0 Å². The number of nitrogens with one attached hydrogen (secondary N) is 1. The summed E-state index contributed by atoms with van der Waals surface area (Å²) in [6, 6.07) is 15.3. The van der Waals surface area contributed by atoms with Crippen molar-refractivity contribution in [3.8, 4) is 0 Å². The highest BCUT2D eigenvalue weighted by molar-refractivity contribution is 9.10. The number of nitrogens with zero attached hydrogens (tertiary/aromatic N) is 2. The number of amides is 2. The molecule has 1 atom stereocenters. The molecule has 1 heterocycles. The molecule has 0 fully saturated rings. The van der Waals surface area contributed by atoms with Gasteiger partial charge in [-0.15, -0.1) is 0 Å².